The molecule has 0 saturated carbocycles. The lowest BCUT2D eigenvalue weighted by atomic mass is 10.1. The zero-order chi connectivity index (χ0) is 23.3. The lowest BCUT2D eigenvalue weighted by Gasteiger charge is -2.17. The Hall–Kier alpha value is -3.11. The molecule has 0 unspecified atom stereocenters. The number of carbonyl (C=O) groups is 1. The van der Waals surface area contributed by atoms with Crippen LogP contribution in [0.2, 0.25) is 5.02 Å². The van der Waals surface area contributed by atoms with E-state index in [0.29, 0.717) is 0 Å². The summed E-state index contributed by atoms with van der Waals surface area (Å²) < 4.78 is 57.2. The molecule has 3 rings (SSSR count). The van der Waals surface area contributed by atoms with Gasteiger partial charge in [-0.3, -0.25) is 4.79 Å². The van der Waals surface area contributed by atoms with E-state index in [9.17, 15) is 27.6 Å². The summed E-state index contributed by atoms with van der Waals surface area (Å²) in [6, 6.07) is 9.33. The summed E-state index contributed by atoms with van der Waals surface area (Å²) >= 11 is 5.93. The van der Waals surface area contributed by atoms with Crippen molar-refractivity contribution in [2.45, 2.75) is 26.3 Å². The van der Waals surface area contributed by atoms with Gasteiger partial charge in [-0.2, -0.15) is 13.5 Å². The monoisotopic (exact) mass is 520 g/mol. The second-order valence-electron chi connectivity index (χ2n) is 6.76. The molecule has 0 atom stereocenters. The van der Waals surface area contributed by atoms with Crippen molar-refractivity contribution in [2.24, 2.45) is 0 Å². The van der Waals surface area contributed by atoms with Crippen LogP contribution in [0.3, 0.4) is 0 Å². The molecule has 0 saturated heterocycles. The van der Waals surface area contributed by atoms with Gasteiger partial charge in [0.05, 0.1) is 18.0 Å². The normalized spacial score (nSPS) is 10.6. The Bertz CT molecular complexity index is 1140. The van der Waals surface area contributed by atoms with Crippen molar-refractivity contribution in [3.05, 3.63) is 93.5 Å². The van der Waals surface area contributed by atoms with Crippen LogP contribution in [0.4, 0.5) is 23.4 Å². The van der Waals surface area contributed by atoms with Gasteiger partial charge in [0.1, 0.15) is 5.82 Å². The third kappa shape index (κ3) is 6.94. The number of amides is 1. The van der Waals surface area contributed by atoms with Gasteiger partial charge in [-0.25, -0.2) is 13.8 Å². The van der Waals surface area contributed by atoms with Gasteiger partial charge in [0, 0.05) is 36.0 Å². The lowest BCUT2D eigenvalue weighted by molar-refractivity contribution is -0.624. The highest BCUT2D eigenvalue weighted by Gasteiger charge is 2.39. The minimum absolute atomic E-state index is 0. The molecule has 1 amide bonds. The van der Waals surface area contributed by atoms with Crippen LogP contribution in [0, 0.1) is 16.8 Å². The third-order valence-corrected chi connectivity index (χ3v) is 4.84. The Kier molecular flexibility index (Phi) is 10.5. The smallest absolute Gasteiger partial charge is 0.347 e. The molecule has 34 heavy (non-hydrogen) atoms. The summed E-state index contributed by atoms with van der Waals surface area (Å²) in [5, 5.41) is 16.0. The number of carbonyl (C=O) groups excluding carboxylic acids is 1. The van der Waals surface area contributed by atoms with Gasteiger partial charge in [-0.1, -0.05) is 37.2 Å². The van der Waals surface area contributed by atoms with Gasteiger partial charge in [-0.15, -0.1) is 12.4 Å². The molecule has 6 nitrogen and oxygen atoms in total. The number of anilines is 1. The van der Waals surface area contributed by atoms with Crippen LogP contribution in [0.5, 0.6) is 0 Å². The van der Waals surface area contributed by atoms with Crippen LogP contribution in [-0.2, 0) is 23.7 Å². The number of halogens is 6. The number of hydrogen-bond acceptors (Lipinski definition) is 4. The molecule has 184 valence electrons. The van der Waals surface area contributed by atoms with Crippen molar-refractivity contribution in [3.8, 4) is 0 Å². The number of aromatic nitrogens is 2. The molecular weight excluding hydrogens is 499 g/mol. The molecule has 0 bridgehead atoms. The first-order chi connectivity index (χ1) is 15.2. The minimum Gasteiger partial charge on any atom is -0.618 e. The van der Waals surface area contributed by atoms with Crippen LogP contribution >= 0.6 is 24.0 Å². The van der Waals surface area contributed by atoms with Gasteiger partial charge in [-0.05, 0) is 12.1 Å². The number of rotatable bonds is 8. The molecule has 1 aromatic carbocycles. The Morgan fingerprint density at radius 1 is 1.15 bits per heavy atom. The second-order valence-corrected chi connectivity index (χ2v) is 7.17. The van der Waals surface area contributed by atoms with Crippen molar-refractivity contribution in [2.75, 3.05) is 11.9 Å². The second kappa shape index (κ2) is 12.4. The maximum absolute atomic E-state index is 14.8. The van der Waals surface area contributed by atoms with Crippen molar-refractivity contribution >= 4 is 35.7 Å². The molecule has 0 aliphatic carbocycles. The van der Waals surface area contributed by atoms with Gasteiger partial charge in [0.15, 0.2) is 17.8 Å². The molecule has 0 spiro atoms. The molecule has 0 radical (unpaired) electrons. The topological polar surface area (TPSA) is 81.0 Å². The van der Waals surface area contributed by atoms with Crippen LogP contribution in [-0.4, -0.2) is 17.4 Å². The predicted octanol–water partition coefficient (Wildman–Crippen LogP) is 4.77. The van der Waals surface area contributed by atoms with E-state index in [-0.39, 0.29) is 47.3 Å². The fourth-order valence-electron chi connectivity index (χ4n) is 2.84. The summed E-state index contributed by atoms with van der Waals surface area (Å²) in [7, 11) is 0. The molecule has 3 aromatic rings. The van der Waals surface area contributed by atoms with E-state index in [2.05, 4.69) is 15.6 Å². The van der Waals surface area contributed by atoms with Crippen LogP contribution < -0.4 is 15.4 Å². The highest BCUT2D eigenvalue weighted by molar-refractivity contribution is 6.31. The Morgan fingerprint density at radius 3 is 2.50 bits per heavy atom. The van der Waals surface area contributed by atoms with E-state index >= 15 is 0 Å². The van der Waals surface area contributed by atoms with Crippen molar-refractivity contribution in [1.82, 2.24) is 10.3 Å². The maximum atomic E-state index is 14.8. The average molecular weight is 521 g/mol. The number of pyridine rings is 2. The highest BCUT2D eigenvalue weighted by atomic mass is 35.5. The van der Waals surface area contributed by atoms with Crippen molar-refractivity contribution in [1.29, 1.82) is 0 Å². The number of benzene rings is 1. The molecule has 0 aliphatic rings. The predicted molar refractivity (Wildman–Crippen MR) is 123 cm³/mol. The van der Waals surface area contributed by atoms with Gasteiger partial charge in [0.2, 0.25) is 5.91 Å². The summed E-state index contributed by atoms with van der Waals surface area (Å²) in [6.07, 6.45) is 1.41. The van der Waals surface area contributed by atoms with Crippen LogP contribution in [0.15, 0.2) is 54.9 Å². The zero-order valence-corrected chi connectivity index (χ0v) is 18.4. The van der Waals surface area contributed by atoms with Crippen molar-refractivity contribution in [3.63, 3.8) is 0 Å². The van der Waals surface area contributed by atoms with Gasteiger partial charge in [0.25, 0.3) is 5.69 Å². The van der Waals surface area contributed by atoms with E-state index < -0.39 is 47.9 Å². The molecule has 12 heteroatoms. The quantitative estimate of drug-likeness (QED) is 0.254. The highest BCUT2D eigenvalue weighted by Crippen LogP contribution is 2.28. The van der Waals surface area contributed by atoms with E-state index in [1.807, 2.05) is 0 Å². The summed E-state index contributed by atoms with van der Waals surface area (Å²) in [4.78, 5) is 15.8. The first kappa shape index (κ1) is 28.9. The standard InChI is InChI=1S/C21H17ClF4N4O2.CH4.ClH/c22-15-11-28-20(29-12-21(25,26)17-7-3-4-8-30(17)32)19(24)14(15)9-18(31)27-10-13-5-1-2-6-16(13)23;;/h1-8,11H,9-10,12H2,(H,27,31)(H,28,29);1H4;1H. The largest absolute Gasteiger partial charge is 0.618 e. The first-order valence-electron chi connectivity index (χ1n) is 9.32. The zero-order valence-electron chi connectivity index (χ0n) is 16.8. The molecule has 2 aromatic heterocycles. The molecule has 0 fully saturated rings. The molecular formula is C22H22Cl2F4N4O2. The third-order valence-electron chi connectivity index (χ3n) is 4.52. The first-order valence-corrected chi connectivity index (χ1v) is 9.70. The Morgan fingerprint density at radius 2 is 1.82 bits per heavy atom. The Balaban J connectivity index is 0.00000289. The number of nitrogens with one attached hydrogen (secondary N) is 2. The summed E-state index contributed by atoms with van der Waals surface area (Å²) in [5.74, 6) is -6.44. The average Bonchev–Trinajstić information content (AvgIpc) is 2.75. The number of nitrogens with zero attached hydrogens (tertiary/aromatic N) is 2. The summed E-state index contributed by atoms with van der Waals surface area (Å²) in [5.41, 5.74) is -0.852. The van der Waals surface area contributed by atoms with E-state index in [1.165, 1.54) is 30.3 Å². The van der Waals surface area contributed by atoms with Crippen molar-refractivity contribution < 1.29 is 27.1 Å². The van der Waals surface area contributed by atoms with Crippen LogP contribution in [0.25, 0.3) is 0 Å². The van der Waals surface area contributed by atoms with Crippen LogP contribution in [0.1, 0.15) is 24.2 Å². The van der Waals surface area contributed by atoms with E-state index in [0.717, 1.165) is 18.5 Å². The SMILES string of the molecule is C.Cl.O=C(Cc1c(Cl)cnc(NCC(F)(F)c2cccc[n+]2[O-])c1F)NCc1ccccc1F. The fraction of sp³-hybridized carbons (Fsp3) is 0.227. The summed E-state index contributed by atoms with van der Waals surface area (Å²) in [6.45, 7) is -1.25. The van der Waals surface area contributed by atoms with Gasteiger partial charge < -0.3 is 15.8 Å². The maximum Gasteiger partial charge on any atom is 0.347 e. The lowest BCUT2D eigenvalue weighted by Crippen LogP contribution is -2.41. The number of hydrogen-bond donors (Lipinski definition) is 2. The minimum atomic E-state index is -3.63. The molecule has 0 aliphatic heterocycles. The Labute approximate surface area is 205 Å². The molecule has 2 N–H and O–H groups in total. The molecule has 2 heterocycles. The fourth-order valence-corrected chi connectivity index (χ4v) is 3.04. The van der Waals surface area contributed by atoms with E-state index in [1.54, 1.807) is 6.07 Å². The number of alkyl halides is 2. The van der Waals surface area contributed by atoms with Gasteiger partial charge >= 0.3 is 5.92 Å². The van der Waals surface area contributed by atoms with E-state index in [4.69, 9.17) is 11.6 Å².